The minimum Gasteiger partial charge on any atom is -0.319 e. The molecule has 1 aromatic heterocycles. The fraction of sp³-hybridized carbons (Fsp3) is 0. The SMILES string of the molecule is O=C(Nc1c(Cl)cc(Cl)cc1Cl)c1ccc2cn[nH]c2c1. The van der Waals surface area contributed by atoms with Crippen molar-refractivity contribution < 1.29 is 4.79 Å². The third-order valence-corrected chi connectivity index (χ3v) is 3.76. The first-order valence-electron chi connectivity index (χ1n) is 5.93. The van der Waals surface area contributed by atoms with Gasteiger partial charge in [-0.2, -0.15) is 5.10 Å². The van der Waals surface area contributed by atoms with E-state index in [0.717, 1.165) is 10.9 Å². The normalized spacial score (nSPS) is 10.8. The Bertz CT molecular complexity index is 821. The average molecular weight is 341 g/mol. The number of halogens is 3. The third-order valence-electron chi connectivity index (χ3n) is 2.95. The van der Waals surface area contributed by atoms with Crippen molar-refractivity contribution in [2.24, 2.45) is 0 Å². The van der Waals surface area contributed by atoms with Gasteiger partial charge in [0.05, 0.1) is 27.4 Å². The number of rotatable bonds is 2. The summed E-state index contributed by atoms with van der Waals surface area (Å²) in [6.07, 6.45) is 1.68. The molecule has 0 saturated heterocycles. The molecule has 1 heterocycles. The van der Waals surface area contributed by atoms with E-state index in [1.807, 2.05) is 0 Å². The van der Waals surface area contributed by atoms with Gasteiger partial charge in [0.1, 0.15) is 0 Å². The summed E-state index contributed by atoms with van der Waals surface area (Å²) < 4.78 is 0. The maximum atomic E-state index is 12.3. The lowest BCUT2D eigenvalue weighted by atomic mass is 10.1. The summed E-state index contributed by atoms with van der Waals surface area (Å²) >= 11 is 17.9. The molecule has 0 aliphatic heterocycles. The summed E-state index contributed by atoms with van der Waals surface area (Å²) in [4.78, 5) is 12.3. The van der Waals surface area contributed by atoms with Gasteiger partial charge >= 0.3 is 0 Å². The molecule has 2 N–H and O–H groups in total. The molecule has 0 radical (unpaired) electrons. The number of amides is 1. The second-order valence-corrected chi connectivity index (χ2v) is 5.62. The predicted octanol–water partition coefficient (Wildman–Crippen LogP) is 4.78. The van der Waals surface area contributed by atoms with Crippen molar-refractivity contribution >= 4 is 57.3 Å². The zero-order chi connectivity index (χ0) is 15.0. The summed E-state index contributed by atoms with van der Waals surface area (Å²) in [7, 11) is 0. The van der Waals surface area contributed by atoms with E-state index in [1.165, 1.54) is 12.1 Å². The number of carbonyl (C=O) groups is 1. The highest BCUT2D eigenvalue weighted by Crippen LogP contribution is 2.34. The van der Waals surface area contributed by atoms with Crippen LogP contribution in [-0.4, -0.2) is 16.1 Å². The number of carbonyl (C=O) groups excluding carboxylic acids is 1. The van der Waals surface area contributed by atoms with Crippen LogP contribution < -0.4 is 5.32 Å². The Morgan fingerprint density at radius 3 is 2.52 bits per heavy atom. The van der Waals surface area contributed by atoms with Crippen LogP contribution in [0.1, 0.15) is 10.4 Å². The van der Waals surface area contributed by atoms with Crippen molar-refractivity contribution in [2.45, 2.75) is 0 Å². The molecular formula is C14H8Cl3N3O. The Balaban J connectivity index is 1.92. The minimum atomic E-state index is -0.322. The number of aromatic amines is 1. The Morgan fingerprint density at radius 1 is 1.10 bits per heavy atom. The molecule has 0 aliphatic rings. The lowest BCUT2D eigenvalue weighted by Gasteiger charge is -2.10. The fourth-order valence-electron chi connectivity index (χ4n) is 1.93. The second-order valence-electron chi connectivity index (χ2n) is 4.37. The number of hydrogen-bond acceptors (Lipinski definition) is 2. The minimum absolute atomic E-state index is 0.281. The molecule has 0 unspecified atom stereocenters. The lowest BCUT2D eigenvalue weighted by molar-refractivity contribution is 0.102. The lowest BCUT2D eigenvalue weighted by Crippen LogP contribution is -2.12. The summed E-state index contributed by atoms with van der Waals surface area (Å²) in [5, 5.41) is 11.3. The molecule has 3 rings (SSSR count). The maximum Gasteiger partial charge on any atom is 0.255 e. The molecule has 0 fully saturated rings. The Hall–Kier alpha value is -1.75. The molecule has 106 valence electrons. The van der Waals surface area contributed by atoms with Gasteiger partial charge in [0.15, 0.2) is 0 Å². The average Bonchev–Trinajstić information content (AvgIpc) is 2.89. The Labute approximate surface area is 135 Å². The number of H-pyrrole nitrogens is 1. The van der Waals surface area contributed by atoms with Crippen LogP contribution in [0.15, 0.2) is 36.5 Å². The summed E-state index contributed by atoms with van der Waals surface area (Å²) in [6.45, 7) is 0. The highest BCUT2D eigenvalue weighted by molar-refractivity contribution is 6.42. The topological polar surface area (TPSA) is 57.8 Å². The van der Waals surface area contributed by atoms with Crippen molar-refractivity contribution in [2.75, 3.05) is 5.32 Å². The molecule has 21 heavy (non-hydrogen) atoms. The number of fused-ring (bicyclic) bond motifs is 1. The summed E-state index contributed by atoms with van der Waals surface area (Å²) in [5.41, 5.74) is 1.57. The molecule has 2 aromatic carbocycles. The van der Waals surface area contributed by atoms with E-state index in [2.05, 4.69) is 15.5 Å². The van der Waals surface area contributed by atoms with Crippen molar-refractivity contribution in [3.63, 3.8) is 0 Å². The van der Waals surface area contributed by atoms with E-state index in [1.54, 1.807) is 24.4 Å². The molecule has 7 heteroatoms. The Morgan fingerprint density at radius 2 is 1.81 bits per heavy atom. The Kier molecular flexibility index (Phi) is 3.76. The van der Waals surface area contributed by atoms with Crippen LogP contribution in [0.4, 0.5) is 5.69 Å². The van der Waals surface area contributed by atoms with Crippen LogP contribution in [0.25, 0.3) is 10.9 Å². The van der Waals surface area contributed by atoms with E-state index >= 15 is 0 Å². The van der Waals surface area contributed by atoms with Gasteiger partial charge in [-0.05, 0) is 24.3 Å². The van der Waals surface area contributed by atoms with Gasteiger partial charge in [-0.15, -0.1) is 0 Å². The zero-order valence-corrected chi connectivity index (χ0v) is 12.7. The predicted molar refractivity (Wildman–Crippen MR) is 85.5 cm³/mol. The first kappa shape index (κ1) is 14.2. The van der Waals surface area contributed by atoms with Gasteiger partial charge in [-0.1, -0.05) is 40.9 Å². The van der Waals surface area contributed by atoms with E-state index in [-0.39, 0.29) is 16.0 Å². The van der Waals surface area contributed by atoms with Crippen LogP contribution in [0.3, 0.4) is 0 Å². The second kappa shape index (κ2) is 5.56. The third kappa shape index (κ3) is 2.83. The number of nitrogens with zero attached hydrogens (tertiary/aromatic N) is 1. The number of aromatic nitrogens is 2. The number of nitrogens with one attached hydrogen (secondary N) is 2. The van der Waals surface area contributed by atoms with Crippen LogP contribution in [0, 0.1) is 0 Å². The van der Waals surface area contributed by atoms with E-state index in [4.69, 9.17) is 34.8 Å². The molecule has 0 bridgehead atoms. The summed E-state index contributed by atoms with van der Waals surface area (Å²) in [5.74, 6) is -0.322. The first-order chi connectivity index (χ1) is 10.0. The smallest absolute Gasteiger partial charge is 0.255 e. The first-order valence-corrected chi connectivity index (χ1v) is 7.07. The number of benzene rings is 2. The van der Waals surface area contributed by atoms with Gasteiger partial charge < -0.3 is 5.32 Å². The largest absolute Gasteiger partial charge is 0.319 e. The van der Waals surface area contributed by atoms with Crippen LogP contribution in [-0.2, 0) is 0 Å². The van der Waals surface area contributed by atoms with Gasteiger partial charge in [-0.3, -0.25) is 9.89 Å². The fourth-order valence-corrected chi connectivity index (χ4v) is 2.84. The number of hydrogen-bond donors (Lipinski definition) is 2. The van der Waals surface area contributed by atoms with Crippen molar-refractivity contribution in [3.05, 3.63) is 57.2 Å². The van der Waals surface area contributed by atoms with Gasteiger partial charge in [0.25, 0.3) is 5.91 Å². The van der Waals surface area contributed by atoms with E-state index < -0.39 is 0 Å². The zero-order valence-electron chi connectivity index (χ0n) is 10.5. The van der Waals surface area contributed by atoms with Crippen LogP contribution in [0.5, 0.6) is 0 Å². The quantitative estimate of drug-likeness (QED) is 0.705. The van der Waals surface area contributed by atoms with Gasteiger partial charge in [0.2, 0.25) is 0 Å². The molecular weight excluding hydrogens is 333 g/mol. The molecule has 1 amide bonds. The maximum absolute atomic E-state index is 12.3. The molecule has 0 saturated carbocycles. The van der Waals surface area contributed by atoms with Gasteiger partial charge in [-0.25, -0.2) is 0 Å². The van der Waals surface area contributed by atoms with Crippen LogP contribution >= 0.6 is 34.8 Å². The van der Waals surface area contributed by atoms with Crippen molar-refractivity contribution in [1.29, 1.82) is 0 Å². The highest BCUT2D eigenvalue weighted by atomic mass is 35.5. The number of anilines is 1. The standard InChI is InChI=1S/C14H8Cl3N3O/c15-9-4-10(16)13(11(17)5-9)19-14(21)7-1-2-8-6-18-20-12(8)3-7/h1-6H,(H,18,20)(H,19,21). The monoisotopic (exact) mass is 339 g/mol. The molecule has 0 aliphatic carbocycles. The molecule has 3 aromatic rings. The highest BCUT2D eigenvalue weighted by Gasteiger charge is 2.13. The summed E-state index contributed by atoms with van der Waals surface area (Å²) in [6, 6.07) is 8.24. The molecule has 4 nitrogen and oxygen atoms in total. The van der Waals surface area contributed by atoms with Crippen LogP contribution in [0.2, 0.25) is 15.1 Å². The van der Waals surface area contributed by atoms with E-state index in [0.29, 0.717) is 16.3 Å². The van der Waals surface area contributed by atoms with Gasteiger partial charge in [0, 0.05) is 16.0 Å². The van der Waals surface area contributed by atoms with E-state index in [9.17, 15) is 4.79 Å². The van der Waals surface area contributed by atoms with Crippen molar-refractivity contribution in [3.8, 4) is 0 Å². The van der Waals surface area contributed by atoms with Crippen molar-refractivity contribution in [1.82, 2.24) is 10.2 Å². The molecule has 0 spiro atoms. The molecule has 0 atom stereocenters.